The molecule has 0 radical (unpaired) electrons. The van der Waals surface area contributed by atoms with Gasteiger partial charge in [0.2, 0.25) is 0 Å². The number of Topliss-reactive ketones (excluding diaryl/α,β-unsaturated/α-hetero) is 1. The third-order valence-electron chi connectivity index (χ3n) is 4.85. The third kappa shape index (κ3) is 6.12. The van der Waals surface area contributed by atoms with E-state index < -0.39 is 0 Å². The number of benzene rings is 1. The second kappa shape index (κ2) is 8.66. The van der Waals surface area contributed by atoms with Crippen LogP contribution in [0.3, 0.4) is 0 Å². The summed E-state index contributed by atoms with van der Waals surface area (Å²) in [5.74, 6) is 0.515. The molecule has 0 saturated carbocycles. The average molecular weight is 317 g/mol. The Morgan fingerprint density at radius 2 is 1.61 bits per heavy atom. The summed E-state index contributed by atoms with van der Waals surface area (Å²) < 4.78 is 0. The molecule has 0 aromatic heterocycles. The number of carbonyl (C=O) groups is 1. The quantitative estimate of drug-likeness (QED) is 0.472. The van der Waals surface area contributed by atoms with E-state index in [0.717, 1.165) is 19.3 Å². The molecule has 0 aliphatic rings. The van der Waals surface area contributed by atoms with Crippen molar-refractivity contribution in [2.45, 2.75) is 85.5 Å². The van der Waals surface area contributed by atoms with Gasteiger partial charge in [0.1, 0.15) is 5.78 Å². The zero-order chi connectivity index (χ0) is 17.5. The van der Waals surface area contributed by atoms with Crippen LogP contribution in [0.25, 0.3) is 0 Å². The fraction of sp³-hybridized carbons (Fsp3) is 0.682. The molecule has 0 aliphatic carbocycles. The fourth-order valence-corrected chi connectivity index (χ4v) is 3.68. The van der Waals surface area contributed by atoms with Crippen molar-refractivity contribution in [3.05, 3.63) is 35.9 Å². The molecule has 0 fully saturated rings. The van der Waals surface area contributed by atoms with Crippen LogP contribution in [0.4, 0.5) is 0 Å². The molecule has 130 valence electrons. The number of hydrogen-bond acceptors (Lipinski definition) is 1. The van der Waals surface area contributed by atoms with Crippen molar-refractivity contribution in [2.24, 2.45) is 11.3 Å². The van der Waals surface area contributed by atoms with Crippen molar-refractivity contribution >= 4 is 5.78 Å². The summed E-state index contributed by atoms with van der Waals surface area (Å²) in [6.45, 7) is 13.2. The van der Waals surface area contributed by atoms with Gasteiger partial charge in [0.25, 0.3) is 0 Å². The molecule has 0 bridgehead atoms. The summed E-state index contributed by atoms with van der Waals surface area (Å²) in [7, 11) is 0. The molecule has 1 heteroatoms. The van der Waals surface area contributed by atoms with E-state index in [9.17, 15) is 4.79 Å². The van der Waals surface area contributed by atoms with E-state index in [0.29, 0.717) is 5.78 Å². The highest BCUT2D eigenvalue weighted by atomic mass is 16.1. The van der Waals surface area contributed by atoms with Gasteiger partial charge in [-0.15, -0.1) is 0 Å². The molecule has 2 atom stereocenters. The molecule has 0 amide bonds. The van der Waals surface area contributed by atoms with Gasteiger partial charge < -0.3 is 0 Å². The normalized spacial score (nSPS) is 15.9. The van der Waals surface area contributed by atoms with E-state index in [-0.39, 0.29) is 16.7 Å². The molecule has 2 unspecified atom stereocenters. The van der Waals surface area contributed by atoms with E-state index in [2.05, 4.69) is 65.8 Å². The van der Waals surface area contributed by atoms with Gasteiger partial charge in [0.15, 0.2) is 0 Å². The van der Waals surface area contributed by atoms with Gasteiger partial charge >= 0.3 is 0 Å². The monoisotopic (exact) mass is 316 g/mol. The minimum absolute atomic E-state index is 0.103. The fourth-order valence-electron chi connectivity index (χ4n) is 3.68. The molecule has 1 nitrogen and oxygen atoms in total. The molecular weight excluding hydrogens is 280 g/mol. The molecule has 0 heterocycles. The molecule has 1 rings (SSSR count). The number of hydrogen-bond donors (Lipinski definition) is 0. The molecular formula is C22H36O. The minimum atomic E-state index is -0.348. The summed E-state index contributed by atoms with van der Waals surface area (Å²) in [5, 5.41) is 0. The van der Waals surface area contributed by atoms with Crippen LogP contribution in [-0.4, -0.2) is 5.78 Å². The van der Waals surface area contributed by atoms with Gasteiger partial charge in [-0.2, -0.15) is 0 Å². The Morgan fingerprint density at radius 3 is 2.13 bits per heavy atom. The van der Waals surface area contributed by atoms with E-state index >= 15 is 0 Å². The van der Waals surface area contributed by atoms with Gasteiger partial charge in [-0.1, -0.05) is 90.6 Å². The minimum Gasteiger partial charge on any atom is -0.298 e. The highest BCUT2D eigenvalue weighted by Gasteiger charge is 2.38. The Labute approximate surface area is 143 Å². The van der Waals surface area contributed by atoms with E-state index in [4.69, 9.17) is 0 Å². The van der Waals surface area contributed by atoms with Crippen LogP contribution in [-0.2, 0) is 10.2 Å². The smallest absolute Gasteiger partial charge is 0.145 e. The van der Waals surface area contributed by atoms with Crippen molar-refractivity contribution in [1.82, 2.24) is 0 Å². The summed E-state index contributed by atoms with van der Waals surface area (Å²) >= 11 is 0. The molecule has 0 aliphatic heterocycles. The molecule has 0 saturated heterocycles. The highest BCUT2D eigenvalue weighted by molar-refractivity contribution is 5.91. The van der Waals surface area contributed by atoms with Crippen molar-refractivity contribution < 1.29 is 4.79 Å². The first kappa shape index (κ1) is 19.9. The highest BCUT2D eigenvalue weighted by Crippen LogP contribution is 2.36. The average Bonchev–Trinajstić information content (AvgIpc) is 2.49. The maximum absolute atomic E-state index is 13.3. The first-order valence-corrected chi connectivity index (χ1v) is 9.30. The standard InChI is InChI=1S/C22H36O/c1-7-8-9-13-16-22(6,19-14-11-10-12-15-19)20(23)18(2)17-21(3,4)5/h10-12,14-15,18H,7-9,13,16-17H2,1-6H3. The lowest BCUT2D eigenvalue weighted by Crippen LogP contribution is -2.38. The molecule has 1 aromatic rings. The summed E-state index contributed by atoms with van der Waals surface area (Å²) in [5.41, 5.74) is 1.02. The Balaban J connectivity index is 2.96. The number of carbonyl (C=O) groups excluding carboxylic acids is 1. The second-order valence-electron chi connectivity index (χ2n) is 8.54. The maximum atomic E-state index is 13.3. The maximum Gasteiger partial charge on any atom is 0.145 e. The third-order valence-corrected chi connectivity index (χ3v) is 4.85. The number of unbranched alkanes of at least 4 members (excludes halogenated alkanes) is 3. The predicted molar refractivity (Wildman–Crippen MR) is 101 cm³/mol. The second-order valence-corrected chi connectivity index (χ2v) is 8.54. The van der Waals surface area contributed by atoms with Crippen LogP contribution in [0, 0.1) is 11.3 Å². The SMILES string of the molecule is CCCCCCC(C)(C(=O)C(C)CC(C)(C)C)c1ccccc1. The van der Waals surface area contributed by atoms with Crippen LogP contribution >= 0.6 is 0 Å². The Bertz CT molecular complexity index is 468. The largest absolute Gasteiger partial charge is 0.298 e. The predicted octanol–water partition coefficient (Wildman–Crippen LogP) is 6.56. The van der Waals surface area contributed by atoms with E-state index in [1.807, 2.05) is 6.07 Å². The summed E-state index contributed by atoms with van der Waals surface area (Å²) in [6, 6.07) is 10.4. The molecule has 0 N–H and O–H groups in total. The van der Waals surface area contributed by atoms with Crippen LogP contribution in [0.1, 0.15) is 85.6 Å². The van der Waals surface area contributed by atoms with Gasteiger partial charge in [0.05, 0.1) is 5.41 Å². The first-order valence-electron chi connectivity index (χ1n) is 9.30. The van der Waals surface area contributed by atoms with Gasteiger partial charge in [-0.05, 0) is 30.7 Å². The van der Waals surface area contributed by atoms with Crippen molar-refractivity contribution in [3.8, 4) is 0 Å². The lowest BCUT2D eigenvalue weighted by atomic mass is 9.69. The van der Waals surface area contributed by atoms with Crippen LogP contribution in [0.5, 0.6) is 0 Å². The van der Waals surface area contributed by atoms with E-state index in [1.54, 1.807) is 0 Å². The topological polar surface area (TPSA) is 17.1 Å². The van der Waals surface area contributed by atoms with Gasteiger partial charge in [-0.3, -0.25) is 4.79 Å². The zero-order valence-corrected chi connectivity index (χ0v) is 16.1. The summed E-state index contributed by atoms with van der Waals surface area (Å²) in [4.78, 5) is 13.3. The van der Waals surface area contributed by atoms with Crippen molar-refractivity contribution in [2.75, 3.05) is 0 Å². The Kier molecular flexibility index (Phi) is 7.51. The molecule has 1 aromatic carbocycles. The lowest BCUT2D eigenvalue weighted by Gasteiger charge is -2.33. The number of rotatable bonds is 9. The van der Waals surface area contributed by atoms with Crippen molar-refractivity contribution in [1.29, 1.82) is 0 Å². The lowest BCUT2D eigenvalue weighted by molar-refractivity contribution is -0.128. The Hall–Kier alpha value is -1.11. The molecule has 23 heavy (non-hydrogen) atoms. The first-order chi connectivity index (χ1) is 10.7. The van der Waals surface area contributed by atoms with Crippen LogP contribution in [0.15, 0.2) is 30.3 Å². The van der Waals surface area contributed by atoms with Gasteiger partial charge in [0, 0.05) is 5.92 Å². The number of ketones is 1. The van der Waals surface area contributed by atoms with E-state index in [1.165, 1.54) is 24.8 Å². The van der Waals surface area contributed by atoms with Crippen LogP contribution < -0.4 is 0 Å². The molecule has 0 spiro atoms. The van der Waals surface area contributed by atoms with Gasteiger partial charge in [-0.25, -0.2) is 0 Å². The van der Waals surface area contributed by atoms with Crippen molar-refractivity contribution in [3.63, 3.8) is 0 Å². The Morgan fingerprint density at radius 1 is 1.00 bits per heavy atom. The summed E-state index contributed by atoms with van der Waals surface area (Å²) in [6.07, 6.45) is 6.76. The van der Waals surface area contributed by atoms with Crippen LogP contribution in [0.2, 0.25) is 0 Å². The zero-order valence-electron chi connectivity index (χ0n) is 16.1.